The van der Waals surface area contributed by atoms with Crippen LogP contribution in [0.1, 0.15) is 25.9 Å². The molecule has 0 spiro atoms. The van der Waals surface area contributed by atoms with Gasteiger partial charge in [0.15, 0.2) is 0 Å². The molecule has 0 unspecified atom stereocenters. The number of aryl methyl sites for hydroxylation is 1. The molecule has 0 aliphatic carbocycles. The molecule has 0 radical (unpaired) electrons. The first kappa shape index (κ1) is 19.1. The number of aromatic nitrogens is 2. The van der Waals surface area contributed by atoms with Gasteiger partial charge in [-0.2, -0.15) is 11.3 Å². The molecule has 2 aromatic heterocycles. The summed E-state index contributed by atoms with van der Waals surface area (Å²) in [6.07, 6.45) is 0.750. The van der Waals surface area contributed by atoms with Crippen LogP contribution < -0.4 is 10.6 Å². The molecule has 0 saturated heterocycles. The number of thiophene rings is 1. The van der Waals surface area contributed by atoms with Gasteiger partial charge < -0.3 is 10.6 Å². The first-order valence-electron chi connectivity index (χ1n) is 8.18. The van der Waals surface area contributed by atoms with Crippen molar-refractivity contribution in [1.82, 2.24) is 15.5 Å². The van der Waals surface area contributed by atoms with E-state index in [1.807, 2.05) is 23.8 Å². The number of hydrogen-bond acceptors (Lipinski definition) is 6. The van der Waals surface area contributed by atoms with Crippen molar-refractivity contribution in [1.29, 1.82) is 0 Å². The third kappa shape index (κ3) is 5.66. The van der Waals surface area contributed by atoms with Gasteiger partial charge in [-0.1, -0.05) is 0 Å². The van der Waals surface area contributed by atoms with Crippen molar-refractivity contribution in [3.8, 4) is 0 Å². The van der Waals surface area contributed by atoms with Crippen LogP contribution in [0.15, 0.2) is 35.0 Å². The maximum Gasteiger partial charge on any atom is 0.251 e. The Labute approximate surface area is 163 Å². The topological polar surface area (TPSA) is 84.0 Å². The Balaban J connectivity index is 1.58. The van der Waals surface area contributed by atoms with Crippen LogP contribution in [-0.4, -0.2) is 28.6 Å². The SMILES string of the molecule is Cc1nnc(CCNC(=O)c2cc(F)cc(NC(=O)Cc3ccsc3)c2)s1. The summed E-state index contributed by atoms with van der Waals surface area (Å²) < 4.78 is 13.9. The summed E-state index contributed by atoms with van der Waals surface area (Å²) in [6.45, 7) is 2.23. The molecule has 0 atom stereocenters. The molecule has 3 aromatic rings. The Kier molecular flexibility index (Phi) is 6.25. The van der Waals surface area contributed by atoms with Crippen molar-refractivity contribution >= 4 is 40.2 Å². The predicted octanol–water partition coefficient (Wildman–Crippen LogP) is 3.20. The van der Waals surface area contributed by atoms with Crippen molar-refractivity contribution < 1.29 is 14.0 Å². The maximum absolute atomic E-state index is 13.9. The number of rotatable bonds is 7. The highest BCUT2D eigenvalue weighted by atomic mass is 32.1. The molecule has 0 aliphatic rings. The third-order valence-corrected chi connectivity index (χ3v) is 5.21. The molecular weight excluding hydrogens is 387 g/mol. The second-order valence-corrected chi connectivity index (χ2v) is 7.85. The van der Waals surface area contributed by atoms with Crippen molar-refractivity contribution in [2.45, 2.75) is 19.8 Å². The van der Waals surface area contributed by atoms with Crippen LogP contribution >= 0.6 is 22.7 Å². The van der Waals surface area contributed by atoms with Gasteiger partial charge in [-0.3, -0.25) is 9.59 Å². The first-order chi connectivity index (χ1) is 13.0. The molecule has 0 aliphatic heterocycles. The molecule has 2 N–H and O–H groups in total. The summed E-state index contributed by atoms with van der Waals surface area (Å²) in [5, 5.41) is 18.7. The first-order valence-corrected chi connectivity index (χ1v) is 9.94. The van der Waals surface area contributed by atoms with Gasteiger partial charge in [0, 0.05) is 24.2 Å². The quantitative estimate of drug-likeness (QED) is 0.633. The number of anilines is 1. The van der Waals surface area contributed by atoms with Crippen LogP contribution in [0.2, 0.25) is 0 Å². The fourth-order valence-corrected chi connectivity index (χ4v) is 3.78. The number of benzene rings is 1. The fourth-order valence-electron chi connectivity index (χ4n) is 2.40. The zero-order valence-corrected chi connectivity index (χ0v) is 16.1. The van der Waals surface area contributed by atoms with Gasteiger partial charge in [-0.15, -0.1) is 21.5 Å². The fraction of sp³-hybridized carbons (Fsp3) is 0.222. The molecule has 9 heteroatoms. The van der Waals surface area contributed by atoms with Gasteiger partial charge in [0.05, 0.1) is 6.42 Å². The summed E-state index contributed by atoms with van der Waals surface area (Å²) in [4.78, 5) is 24.3. The number of carbonyl (C=O) groups excluding carboxylic acids is 2. The molecule has 0 fully saturated rings. The van der Waals surface area contributed by atoms with Crippen LogP contribution in [0.3, 0.4) is 0 Å². The van der Waals surface area contributed by atoms with E-state index in [0.29, 0.717) is 13.0 Å². The minimum atomic E-state index is -0.590. The van der Waals surface area contributed by atoms with Crippen LogP contribution in [0.4, 0.5) is 10.1 Å². The van der Waals surface area contributed by atoms with Gasteiger partial charge in [0.1, 0.15) is 15.8 Å². The van der Waals surface area contributed by atoms with Gasteiger partial charge in [0.25, 0.3) is 5.91 Å². The van der Waals surface area contributed by atoms with Crippen LogP contribution in [0.25, 0.3) is 0 Å². The van der Waals surface area contributed by atoms with Crippen LogP contribution in [-0.2, 0) is 17.6 Å². The van der Waals surface area contributed by atoms with E-state index in [4.69, 9.17) is 0 Å². The van der Waals surface area contributed by atoms with E-state index in [1.165, 1.54) is 34.8 Å². The lowest BCUT2D eigenvalue weighted by Crippen LogP contribution is -2.26. The van der Waals surface area contributed by atoms with Crippen molar-refractivity contribution in [2.75, 3.05) is 11.9 Å². The normalized spacial score (nSPS) is 10.6. The average Bonchev–Trinajstić information content (AvgIpc) is 3.26. The van der Waals surface area contributed by atoms with E-state index in [2.05, 4.69) is 20.8 Å². The number of hydrogen-bond donors (Lipinski definition) is 2. The predicted molar refractivity (Wildman–Crippen MR) is 104 cm³/mol. The highest BCUT2D eigenvalue weighted by molar-refractivity contribution is 7.11. The Bertz CT molecular complexity index is 941. The highest BCUT2D eigenvalue weighted by Gasteiger charge is 2.11. The van der Waals surface area contributed by atoms with Gasteiger partial charge in [-0.25, -0.2) is 4.39 Å². The Morgan fingerprint density at radius 1 is 1.22 bits per heavy atom. The third-order valence-electron chi connectivity index (χ3n) is 3.58. The maximum atomic E-state index is 13.9. The molecule has 0 saturated carbocycles. The summed E-state index contributed by atoms with van der Waals surface area (Å²) in [5.74, 6) is -1.27. The molecule has 3 rings (SSSR count). The summed E-state index contributed by atoms with van der Waals surface area (Å²) in [7, 11) is 0. The summed E-state index contributed by atoms with van der Waals surface area (Å²) in [5.41, 5.74) is 1.29. The summed E-state index contributed by atoms with van der Waals surface area (Å²) in [6, 6.07) is 5.64. The molecular formula is C18H17FN4O2S2. The second kappa shape index (κ2) is 8.83. The van der Waals surface area contributed by atoms with Gasteiger partial charge in [0.2, 0.25) is 5.91 Å². The minimum Gasteiger partial charge on any atom is -0.352 e. The number of halogens is 1. The lowest BCUT2D eigenvalue weighted by Gasteiger charge is -2.08. The molecule has 1 aromatic carbocycles. The van der Waals surface area contributed by atoms with Crippen LogP contribution in [0, 0.1) is 12.7 Å². The molecule has 6 nitrogen and oxygen atoms in total. The lowest BCUT2D eigenvalue weighted by molar-refractivity contribution is -0.115. The highest BCUT2D eigenvalue weighted by Crippen LogP contribution is 2.16. The molecule has 27 heavy (non-hydrogen) atoms. The van der Waals surface area contributed by atoms with E-state index in [-0.39, 0.29) is 23.6 Å². The number of nitrogens with zero attached hydrogens (tertiary/aromatic N) is 2. The largest absolute Gasteiger partial charge is 0.352 e. The molecule has 2 amide bonds. The van der Waals surface area contributed by atoms with Gasteiger partial charge >= 0.3 is 0 Å². The Morgan fingerprint density at radius 2 is 2.07 bits per heavy atom. The number of amides is 2. The minimum absolute atomic E-state index is 0.147. The van der Waals surface area contributed by atoms with E-state index < -0.39 is 11.7 Å². The lowest BCUT2D eigenvalue weighted by atomic mass is 10.1. The molecule has 0 bridgehead atoms. The zero-order chi connectivity index (χ0) is 19.2. The van der Waals surface area contributed by atoms with Crippen molar-refractivity contribution in [2.24, 2.45) is 0 Å². The second-order valence-electron chi connectivity index (χ2n) is 5.81. The summed E-state index contributed by atoms with van der Waals surface area (Å²) >= 11 is 2.97. The van der Waals surface area contributed by atoms with Crippen LogP contribution in [0.5, 0.6) is 0 Å². The van der Waals surface area contributed by atoms with E-state index in [1.54, 1.807) is 0 Å². The smallest absolute Gasteiger partial charge is 0.251 e. The van der Waals surface area contributed by atoms with E-state index in [0.717, 1.165) is 21.6 Å². The number of carbonyl (C=O) groups is 2. The Hall–Kier alpha value is -2.65. The van der Waals surface area contributed by atoms with Crippen molar-refractivity contribution in [3.05, 3.63) is 62.0 Å². The molecule has 2 heterocycles. The van der Waals surface area contributed by atoms with Gasteiger partial charge in [-0.05, 0) is 47.5 Å². The Morgan fingerprint density at radius 3 is 2.78 bits per heavy atom. The zero-order valence-electron chi connectivity index (χ0n) is 14.5. The average molecular weight is 404 g/mol. The van der Waals surface area contributed by atoms with Crippen molar-refractivity contribution in [3.63, 3.8) is 0 Å². The molecule has 140 valence electrons. The van der Waals surface area contributed by atoms with E-state index >= 15 is 0 Å². The number of nitrogens with one attached hydrogen (secondary N) is 2. The van der Waals surface area contributed by atoms with E-state index in [9.17, 15) is 14.0 Å². The monoisotopic (exact) mass is 404 g/mol. The standard InChI is InChI=1S/C18H17FN4O2S2/c1-11-22-23-17(27-11)2-4-20-18(25)13-7-14(19)9-15(8-13)21-16(24)6-12-3-5-26-10-12/h3,5,7-10H,2,4,6H2,1H3,(H,20,25)(H,21,24).